The zero-order valence-electron chi connectivity index (χ0n) is 11.3. The number of anilines is 2. The molecule has 1 aliphatic rings. The summed E-state index contributed by atoms with van der Waals surface area (Å²) in [4.78, 5) is 11.0. The van der Waals surface area contributed by atoms with Gasteiger partial charge in [-0.15, -0.1) is 11.3 Å². The molecule has 1 aromatic carbocycles. The molecule has 22 heavy (non-hydrogen) atoms. The van der Waals surface area contributed by atoms with E-state index in [1.807, 2.05) is 0 Å². The maximum absolute atomic E-state index is 6.23. The van der Waals surface area contributed by atoms with E-state index in [-0.39, 0.29) is 5.28 Å². The lowest BCUT2D eigenvalue weighted by molar-refractivity contribution is 0.917. The molecule has 4 rings (SSSR count). The van der Waals surface area contributed by atoms with Crippen LogP contribution in [0.15, 0.2) is 18.2 Å². The highest BCUT2D eigenvalue weighted by molar-refractivity contribution is 7.19. The molecule has 0 unspecified atom stereocenters. The smallest absolute Gasteiger partial charge is 0.225 e. The van der Waals surface area contributed by atoms with Crippen LogP contribution in [-0.2, 0) is 12.8 Å². The summed E-state index contributed by atoms with van der Waals surface area (Å²) in [6, 6.07) is 5.28. The van der Waals surface area contributed by atoms with Gasteiger partial charge in [-0.05, 0) is 54.6 Å². The van der Waals surface area contributed by atoms with Gasteiger partial charge in [0, 0.05) is 9.90 Å². The van der Waals surface area contributed by atoms with E-state index in [4.69, 9.17) is 34.8 Å². The second-order valence-electron chi connectivity index (χ2n) is 5.13. The van der Waals surface area contributed by atoms with E-state index in [2.05, 4.69) is 15.3 Å². The van der Waals surface area contributed by atoms with Crippen molar-refractivity contribution >= 4 is 67.9 Å². The Kier molecular flexibility index (Phi) is 3.65. The largest absolute Gasteiger partial charge is 0.338 e. The quantitative estimate of drug-likeness (QED) is 0.572. The van der Waals surface area contributed by atoms with Gasteiger partial charge in [0.15, 0.2) is 0 Å². The van der Waals surface area contributed by atoms with Gasteiger partial charge in [-0.25, -0.2) is 4.98 Å². The molecule has 0 radical (unpaired) electrons. The van der Waals surface area contributed by atoms with Crippen molar-refractivity contribution in [2.24, 2.45) is 0 Å². The van der Waals surface area contributed by atoms with Gasteiger partial charge in [0.1, 0.15) is 10.6 Å². The standard InChI is InChI=1S/C15H10Cl3N3S/c16-7-4-5-9(17)10(6-7)19-13-12-8-2-1-3-11(8)22-14(12)21-15(18)20-13/h4-6H,1-3H2,(H,19,20,21). The lowest BCUT2D eigenvalue weighted by atomic mass is 10.2. The van der Waals surface area contributed by atoms with Crippen molar-refractivity contribution < 1.29 is 0 Å². The zero-order valence-corrected chi connectivity index (χ0v) is 14.4. The van der Waals surface area contributed by atoms with Crippen LogP contribution < -0.4 is 5.32 Å². The zero-order chi connectivity index (χ0) is 15.3. The summed E-state index contributed by atoms with van der Waals surface area (Å²) >= 11 is 20.1. The molecular formula is C15H10Cl3N3S. The SMILES string of the molecule is Clc1ccc(Cl)c(Nc2nc(Cl)nc3sc4c(c23)CCC4)c1. The minimum absolute atomic E-state index is 0.230. The van der Waals surface area contributed by atoms with Gasteiger partial charge < -0.3 is 5.32 Å². The van der Waals surface area contributed by atoms with E-state index in [1.54, 1.807) is 29.5 Å². The number of rotatable bonds is 2. The summed E-state index contributed by atoms with van der Waals surface area (Å²) in [5.74, 6) is 0.693. The third-order valence-corrected chi connectivity index (χ3v) is 5.64. The Bertz CT molecular complexity index is 891. The molecule has 1 aliphatic carbocycles. The minimum atomic E-state index is 0.230. The maximum atomic E-state index is 6.23. The van der Waals surface area contributed by atoms with E-state index in [0.29, 0.717) is 21.6 Å². The summed E-state index contributed by atoms with van der Waals surface area (Å²) in [5, 5.41) is 5.74. The molecule has 0 aliphatic heterocycles. The molecule has 0 atom stereocenters. The van der Waals surface area contributed by atoms with Gasteiger partial charge in [-0.3, -0.25) is 0 Å². The van der Waals surface area contributed by atoms with Crippen molar-refractivity contribution in [2.45, 2.75) is 19.3 Å². The molecule has 0 fully saturated rings. The van der Waals surface area contributed by atoms with Gasteiger partial charge in [0.2, 0.25) is 5.28 Å². The lowest BCUT2D eigenvalue weighted by Crippen LogP contribution is -1.98. The molecule has 2 heterocycles. The highest BCUT2D eigenvalue weighted by Crippen LogP contribution is 2.41. The Hall–Kier alpha value is -1.07. The molecule has 0 spiro atoms. The fourth-order valence-electron chi connectivity index (χ4n) is 2.78. The number of thiophene rings is 1. The average Bonchev–Trinajstić information content (AvgIpc) is 3.02. The molecular weight excluding hydrogens is 361 g/mol. The number of aryl methyl sites for hydroxylation is 2. The second-order valence-corrected chi connectivity index (χ2v) is 7.39. The predicted octanol–water partition coefficient (Wildman–Crippen LogP) is 5.88. The summed E-state index contributed by atoms with van der Waals surface area (Å²) in [6.07, 6.45) is 3.33. The fraction of sp³-hybridized carbons (Fsp3) is 0.200. The van der Waals surface area contributed by atoms with E-state index < -0.39 is 0 Å². The third kappa shape index (κ3) is 2.44. The Morgan fingerprint density at radius 1 is 1.09 bits per heavy atom. The number of hydrogen-bond acceptors (Lipinski definition) is 4. The van der Waals surface area contributed by atoms with Gasteiger partial charge in [0.25, 0.3) is 0 Å². The van der Waals surface area contributed by atoms with Gasteiger partial charge >= 0.3 is 0 Å². The van der Waals surface area contributed by atoms with E-state index in [0.717, 1.165) is 23.1 Å². The number of hydrogen-bond donors (Lipinski definition) is 1. The van der Waals surface area contributed by atoms with Crippen molar-refractivity contribution in [3.05, 3.63) is 44.0 Å². The Morgan fingerprint density at radius 2 is 1.95 bits per heavy atom. The monoisotopic (exact) mass is 369 g/mol. The first-order valence-electron chi connectivity index (χ1n) is 6.81. The molecule has 112 valence electrons. The number of nitrogens with zero attached hydrogens (tertiary/aromatic N) is 2. The van der Waals surface area contributed by atoms with Crippen LogP contribution in [0.4, 0.5) is 11.5 Å². The van der Waals surface area contributed by atoms with Crippen LogP contribution in [0.1, 0.15) is 16.9 Å². The van der Waals surface area contributed by atoms with Crippen LogP contribution in [0, 0.1) is 0 Å². The van der Waals surface area contributed by atoms with Gasteiger partial charge in [-0.1, -0.05) is 23.2 Å². The number of nitrogens with one attached hydrogen (secondary N) is 1. The van der Waals surface area contributed by atoms with Crippen LogP contribution in [0.2, 0.25) is 15.3 Å². The molecule has 2 aromatic heterocycles. The van der Waals surface area contributed by atoms with Gasteiger partial charge in [0.05, 0.1) is 16.1 Å². The first kappa shape index (κ1) is 14.5. The van der Waals surface area contributed by atoms with Crippen molar-refractivity contribution in [1.29, 1.82) is 0 Å². The molecule has 0 saturated heterocycles. The third-order valence-electron chi connectivity index (χ3n) is 3.72. The summed E-state index contributed by atoms with van der Waals surface area (Å²) in [6.45, 7) is 0. The molecule has 3 aromatic rings. The Balaban J connectivity index is 1.89. The first-order chi connectivity index (χ1) is 10.6. The second kappa shape index (κ2) is 5.53. The molecule has 0 saturated carbocycles. The molecule has 1 N–H and O–H groups in total. The van der Waals surface area contributed by atoms with E-state index >= 15 is 0 Å². The topological polar surface area (TPSA) is 37.8 Å². The summed E-state index contributed by atoms with van der Waals surface area (Å²) in [7, 11) is 0. The first-order valence-corrected chi connectivity index (χ1v) is 8.77. The molecule has 0 amide bonds. The molecule has 3 nitrogen and oxygen atoms in total. The highest BCUT2D eigenvalue weighted by atomic mass is 35.5. The maximum Gasteiger partial charge on any atom is 0.225 e. The predicted molar refractivity (Wildman–Crippen MR) is 94.2 cm³/mol. The van der Waals surface area contributed by atoms with Crippen LogP contribution >= 0.6 is 46.1 Å². The normalized spacial score (nSPS) is 13.6. The molecule has 7 heteroatoms. The minimum Gasteiger partial charge on any atom is -0.338 e. The Morgan fingerprint density at radius 3 is 2.82 bits per heavy atom. The summed E-state index contributed by atoms with van der Waals surface area (Å²) in [5.41, 5.74) is 2.04. The van der Waals surface area contributed by atoms with Crippen LogP contribution in [0.5, 0.6) is 0 Å². The van der Waals surface area contributed by atoms with Crippen molar-refractivity contribution in [3.8, 4) is 0 Å². The highest BCUT2D eigenvalue weighted by Gasteiger charge is 2.22. The van der Waals surface area contributed by atoms with Crippen LogP contribution in [0.25, 0.3) is 10.2 Å². The Labute approximate surface area is 146 Å². The number of aromatic nitrogens is 2. The number of benzene rings is 1. The average molecular weight is 371 g/mol. The number of fused-ring (bicyclic) bond motifs is 3. The molecule has 0 bridgehead atoms. The lowest BCUT2D eigenvalue weighted by Gasteiger charge is -2.10. The van der Waals surface area contributed by atoms with Crippen molar-refractivity contribution in [1.82, 2.24) is 9.97 Å². The van der Waals surface area contributed by atoms with Crippen LogP contribution in [0.3, 0.4) is 0 Å². The number of halogens is 3. The van der Waals surface area contributed by atoms with Gasteiger partial charge in [-0.2, -0.15) is 4.98 Å². The van der Waals surface area contributed by atoms with Crippen molar-refractivity contribution in [2.75, 3.05) is 5.32 Å². The summed E-state index contributed by atoms with van der Waals surface area (Å²) < 4.78 is 0. The van der Waals surface area contributed by atoms with Crippen LogP contribution in [-0.4, -0.2) is 9.97 Å². The van der Waals surface area contributed by atoms with Crippen molar-refractivity contribution in [3.63, 3.8) is 0 Å². The fourth-order valence-corrected chi connectivity index (χ4v) is 4.60. The van der Waals surface area contributed by atoms with E-state index in [9.17, 15) is 0 Å². The van der Waals surface area contributed by atoms with E-state index in [1.165, 1.54) is 16.9 Å².